The van der Waals surface area contributed by atoms with Crippen molar-refractivity contribution in [1.82, 2.24) is 14.9 Å². The SMILES string of the molecule is CCCN(CCC)n1cnnc1. The van der Waals surface area contributed by atoms with Crippen molar-refractivity contribution < 1.29 is 0 Å². The van der Waals surface area contributed by atoms with E-state index in [4.69, 9.17) is 0 Å². The van der Waals surface area contributed by atoms with Gasteiger partial charge in [0.2, 0.25) is 0 Å². The number of aromatic nitrogens is 3. The normalized spacial score (nSPS) is 10.2. The van der Waals surface area contributed by atoms with E-state index >= 15 is 0 Å². The summed E-state index contributed by atoms with van der Waals surface area (Å²) >= 11 is 0. The van der Waals surface area contributed by atoms with E-state index in [1.807, 2.05) is 4.68 Å². The van der Waals surface area contributed by atoms with Crippen LogP contribution in [-0.2, 0) is 0 Å². The summed E-state index contributed by atoms with van der Waals surface area (Å²) in [4.78, 5) is 0. The van der Waals surface area contributed by atoms with Crippen molar-refractivity contribution in [2.24, 2.45) is 0 Å². The molecule has 0 unspecified atom stereocenters. The first-order valence-electron chi connectivity index (χ1n) is 4.48. The van der Waals surface area contributed by atoms with Gasteiger partial charge >= 0.3 is 0 Å². The van der Waals surface area contributed by atoms with Crippen molar-refractivity contribution >= 4 is 0 Å². The second-order valence-electron chi connectivity index (χ2n) is 2.80. The zero-order chi connectivity index (χ0) is 8.81. The average molecular weight is 168 g/mol. The average Bonchev–Trinajstić information content (AvgIpc) is 2.56. The van der Waals surface area contributed by atoms with Crippen LogP contribution in [0.3, 0.4) is 0 Å². The maximum absolute atomic E-state index is 3.78. The van der Waals surface area contributed by atoms with Crippen LogP contribution < -0.4 is 5.01 Å². The molecule has 68 valence electrons. The van der Waals surface area contributed by atoms with Crippen LogP contribution in [0.25, 0.3) is 0 Å². The highest BCUT2D eigenvalue weighted by atomic mass is 15.6. The largest absolute Gasteiger partial charge is 0.310 e. The van der Waals surface area contributed by atoms with Gasteiger partial charge < -0.3 is 5.01 Å². The Balaban J connectivity index is 2.53. The van der Waals surface area contributed by atoms with E-state index in [0.717, 1.165) is 25.9 Å². The van der Waals surface area contributed by atoms with Gasteiger partial charge in [-0.2, -0.15) is 0 Å². The predicted molar refractivity (Wildman–Crippen MR) is 48.6 cm³/mol. The number of hydrogen-bond acceptors (Lipinski definition) is 3. The van der Waals surface area contributed by atoms with Crippen LogP contribution >= 0.6 is 0 Å². The summed E-state index contributed by atoms with van der Waals surface area (Å²) in [5.41, 5.74) is 0. The minimum absolute atomic E-state index is 1.06. The highest BCUT2D eigenvalue weighted by Crippen LogP contribution is 1.93. The van der Waals surface area contributed by atoms with Crippen LogP contribution in [0.15, 0.2) is 12.7 Å². The number of nitrogens with zero attached hydrogens (tertiary/aromatic N) is 4. The molecule has 1 heterocycles. The Morgan fingerprint density at radius 3 is 2.00 bits per heavy atom. The quantitative estimate of drug-likeness (QED) is 0.658. The third kappa shape index (κ3) is 2.22. The van der Waals surface area contributed by atoms with E-state index in [9.17, 15) is 0 Å². The fourth-order valence-corrected chi connectivity index (χ4v) is 1.20. The molecule has 0 radical (unpaired) electrons. The summed E-state index contributed by atoms with van der Waals surface area (Å²) in [6.45, 7) is 6.47. The monoisotopic (exact) mass is 168 g/mol. The van der Waals surface area contributed by atoms with Crippen LogP contribution in [-0.4, -0.2) is 28.0 Å². The summed E-state index contributed by atoms with van der Waals surface area (Å²) in [5, 5.41) is 9.79. The Morgan fingerprint density at radius 2 is 1.58 bits per heavy atom. The van der Waals surface area contributed by atoms with E-state index in [2.05, 4.69) is 29.1 Å². The van der Waals surface area contributed by atoms with E-state index in [-0.39, 0.29) is 0 Å². The van der Waals surface area contributed by atoms with Gasteiger partial charge in [-0.1, -0.05) is 13.8 Å². The molecule has 0 aliphatic rings. The molecule has 1 aromatic heterocycles. The van der Waals surface area contributed by atoms with Crippen LogP contribution in [0, 0.1) is 0 Å². The first-order valence-corrected chi connectivity index (χ1v) is 4.48. The van der Waals surface area contributed by atoms with Gasteiger partial charge in [0.25, 0.3) is 0 Å². The Morgan fingerprint density at radius 1 is 1.08 bits per heavy atom. The van der Waals surface area contributed by atoms with E-state index in [1.165, 1.54) is 0 Å². The second kappa shape index (κ2) is 4.74. The first kappa shape index (κ1) is 9.03. The van der Waals surface area contributed by atoms with Crippen LogP contribution in [0.1, 0.15) is 26.7 Å². The van der Waals surface area contributed by atoms with Crippen molar-refractivity contribution in [2.45, 2.75) is 26.7 Å². The highest BCUT2D eigenvalue weighted by Gasteiger charge is 2.01. The van der Waals surface area contributed by atoms with Gasteiger partial charge in [-0.15, -0.1) is 10.2 Å². The molecule has 0 atom stereocenters. The Kier molecular flexibility index (Phi) is 3.57. The molecule has 0 amide bonds. The van der Waals surface area contributed by atoms with Gasteiger partial charge in [0.05, 0.1) is 0 Å². The summed E-state index contributed by atoms with van der Waals surface area (Å²) in [7, 11) is 0. The smallest absolute Gasteiger partial charge is 0.139 e. The first-order chi connectivity index (χ1) is 5.88. The van der Waals surface area contributed by atoms with Crippen LogP contribution in [0.2, 0.25) is 0 Å². The van der Waals surface area contributed by atoms with Gasteiger partial charge in [0, 0.05) is 13.1 Å². The molecule has 0 saturated carbocycles. The molecule has 0 aromatic carbocycles. The minimum Gasteiger partial charge on any atom is -0.310 e. The van der Waals surface area contributed by atoms with Gasteiger partial charge in [-0.05, 0) is 12.8 Å². The Hall–Kier alpha value is -1.06. The lowest BCUT2D eigenvalue weighted by Crippen LogP contribution is -2.34. The van der Waals surface area contributed by atoms with Crippen LogP contribution in [0.4, 0.5) is 0 Å². The maximum atomic E-state index is 3.78. The molecule has 4 nitrogen and oxygen atoms in total. The third-order valence-corrected chi connectivity index (χ3v) is 1.70. The number of hydrogen-bond donors (Lipinski definition) is 0. The number of rotatable bonds is 5. The summed E-state index contributed by atoms with van der Waals surface area (Å²) in [5.74, 6) is 0. The molecule has 0 fully saturated rings. The molecule has 0 aliphatic carbocycles. The third-order valence-electron chi connectivity index (χ3n) is 1.70. The van der Waals surface area contributed by atoms with Crippen LogP contribution in [0.5, 0.6) is 0 Å². The zero-order valence-electron chi connectivity index (χ0n) is 7.77. The lowest BCUT2D eigenvalue weighted by atomic mass is 10.4. The van der Waals surface area contributed by atoms with Crippen molar-refractivity contribution in [2.75, 3.05) is 18.1 Å². The van der Waals surface area contributed by atoms with Gasteiger partial charge in [0.15, 0.2) is 0 Å². The minimum atomic E-state index is 1.06. The van der Waals surface area contributed by atoms with Crippen molar-refractivity contribution in [3.05, 3.63) is 12.7 Å². The maximum Gasteiger partial charge on any atom is 0.139 e. The molecule has 4 heteroatoms. The molecule has 0 spiro atoms. The molecule has 0 bridgehead atoms. The topological polar surface area (TPSA) is 34.0 Å². The van der Waals surface area contributed by atoms with Gasteiger partial charge in [-0.25, -0.2) is 4.68 Å². The fourth-order valence-electron chi connectivity index (χ4n) is 1.20. The second-order valence-corrected chi connectivity index (χ2v) is 2.80. The van der Waals surface area contributed by atoms with E-state index in [0.29, 0.717) is 0 Å². The summed E-state index contributed by atoms with van der Waals surface area (Å²) in [6.07, 6.45) is 5.78. The van der Waals surface area contributed by atoms with Crippen molar-refractivity contribution in [1.29, 1.82) is 0 Å². The molecule has 0 aliphatic heterocycles. The Labute approximate surface area is 73.2 Å². The molecule has 12 heavy (non-hydrogen) atoms. The molecule has 0 N–H and O–H groups in total. The molecule has 0 saturated heterocycles. The van der Waals surface area contributed by atoms with Crippen molar-refractivity contribution in [3.8, 4) is 0 Å². The predicted octanol–water partition coefficient (Wildman–Crippen LogP) is 1.04. The summed E-state index contributed by atoms with van der Waals surface area (Å²) in [6, 6.07) is 0. The van der Waals surface area contributed by atoms with Crippen molar-refractivity contribution in [3.63, 3.8) is 0 Å². The molecular formula is C8H16N4. The lowest BCUT2D eigenvalue weighted by Gasteiger charge is -2.23. The standard InChI is InChI=1S/C8H16N4/c1-3-5-11(6-4-2)12-7-9-10-8-12/h7-8H,3-6H2,1-2H3. The molecular weight excluding hydrogens is 152 g/mol. The Bertz CT molecular complexity index is 189. The van der Waals surface area contributed by atoms with E-state index < -0.39 is 0 Å². The highest BCUT2D eigenvalue weighted by molar-refractivity contribution is 4.83. The zero-order valence-corrected chi connectivity index (χ0v) is 7.77. The molecule has 1 rings (SSSR count). The van der Waals surface area contributed by atoms with Gasteiger partial charge in [0.1, 0.15) is 12.7 Å². The van der Waals surface area contributed by atoms with Gasteiger partial charge in [-0.3, -0.25) is 0 Å². The fraction of sp³-hybridized carbons (Fsp3) is 0.750. The lowest BCUT2D eigenvalue weighted by molar-refractivity contribution is 0.567. The van der Waals surface area contributed by atoms with E-state index in [1.54, 1.807) is 12.7 Å². The summed E-state index contributed by atoms with van der Waals surface area (Å²) < 4.78 is 1.95. The molecule has 1 aromatic rings.